The van der Waals surface area contributed by atoms with Gasteiger partial charge in [-0.2, -0.15) is 0 Å². The van der Waals surface area contributed by atoms with Crippen molar-refractivity contribution >= 4 is 17.3 Å². The first-order chi connectivity index (χ1) is 8.83. The van der Waals surface area contributed by atoms with E-state index in [4.69, 9.17) is 0 Å². The summed E-state index contributed by atoms with van der Waals surface area (Å²) in [5.41, 5.74) is 2.13. The molecular weight excluding hydrogens is 226 g/mol. The van der Waals surface area contributed by atoms with E-state index >= 15 is 0 Å². The second-order valence-corrected chi connectivity index (χ2v) is 5.09. The number of hydrogen-bond acceptors (Lipinski definition) is 3. The molecule has 1 aromatic rings. The Bertz CT molecular complexity index is 436. The van der Waals surface area contributed by atoms with Crippen LogP contribution in [0.3, 0.4) is 0 Å². The highest BCUT2D eigenvalue weighted by Gasteiger charge is 2.24. The van der Waals surface area contributed by atoms with Gasteiger partial charge in [-0.05, 0) is 31.0 Å². The molecule has 4 nitrogen and oxygen atoms in total. The van der Waals surface area contributed by atoms with Crippen LogP contribution in [-0.4, -0.2) is 32.1 Å². The van der Waals surface area contributed by atoms with Crippen LogP contribution in [0.2, 0.25) is 0 Å². The number of carbonyl (C=O) groups excluding carboxylic acids is 1. The first kappa shape index (κ1) is 11.5. The third-order valence-corrected chi connectivity index (χ3v) is 3.74. The van der Waals surface area contributed by atoms with E-state index in [1.807, 2.05) is 12.1 Å². The highest BCUT2D eigenvalue weighted by atomic mass is 16.2. The minimum Gasteiger partial charge on any atom is -0.371 e. The lowest BCUT2D eigenvalue weighted by atomic mass is 10.0. The summed E-state index contributed by atoms with van der Waals surface area (Å²) in [6.45, 7) is 3.86. The minimum absolute atomic E-state index is 0.132. The predicted octanol–water partition coefficient (Wildman–Crippen LogP) is 1.44. The van der Waals surface area contributed by atoms with Gasteiger partial charge in [-0.1, -0.05) is 6.07 Å². The third kappa shape index (κ3) is 2.34. The Morgan fingerprint density at radius 2 is 2.06 bits per heavy atom. The van der Waals surface area contributed by atoms with Gasteiger partial charge in [0.05, 0.1) is 5.92 Å². The van der Waals surface area contributed by atoms with E-state index in [2.05, 4.69) is 27.7 Å². The number of benzene rings is 1. The molecule has 2 aliphatic rings. The van der Waals surface area contributed by atoms with Crippen molar-refractivity contribution in [3.8, 4) is 0 Å². The van der Waals surface area contributed by atoms with Crippen LogP contribution in [0.15, 0.2) is 24.3 Å². The molecule has 0 radical (unpaired) electrons. The van der Waals surface area contributed by atoms with E-state index in [0.29, 0.717) is 0 Å². The van der Waals surface area contributed by atoms with Gasteiger partial charge in [-0.3, -0.25) is 4.79 Å². The average Bonchev–Trinajstić information content (AvgIpc) is 2.80. The number of amides is 1. The van der Waals surface area contributed by atoms with Gasteiger partial charge in [0.15, 0.2) is 0 Å². The SMILES string of the molecule is O=C(Nc1cccc(N2CCCC2)c1)C1CNC1. The van der Waals surface area contributed by atoms with Crippen LogP contribution in [0.25, 0.3) is 0 Å². The Kier molecular flexibility index (Phi) is 3.19. The van der Waals surface area contributed by atoms with Gasteiger partial charge in [0, 0.05) is 37.6 Å². The molecule has 2 fully saturated rings. The standard InChI is InChI=1S/C14H19N3O/c18-14(11-9-15-10-11)16-12-4-3-5-13(8-12)17-6-1-2-7-17/h3-5,8,11,15H,1-2,6-7,9-10H2,(H,16,18). The molecule has 96 valence electrons. The van der Waals surface area contributed by atoms with Gasteiger partial charge in [-0.15, -0.1) is 0 Å². The number of nitrogens with one attached hydrogen (secondary N) is 2. The zero-order valence-electron chi connectivity index (χ0n) is 10.5. The van der Waals surface area contributed by atoms with Crippen LogP contribution in [0, 0.1) is 5.92 Å². The molecule has 2 saturated heterocycles. The molecule has 0 spiro atoms. The second-order valence-electron chi connectivity index (χ2n) is 5.09. The summed E-state index contributed by atoms with van der Waals surface area (Å²) >= 11 is 0. The van der Waals surface area contributed by atoms with Crippen molar-refractivity contribution in [3.05, 3.63) is 24.3 Å². The zero-order chi connectivity index (χ0) is 12.4. The van der Waals surface area contributed by atoms with Crippen LogP contribution < -0.4 is 15.5 Å². The van der Waals surface area contributed by atoms with Crippen molar-refractivity contribution in [1.29, 1.82) is 0 Å². The monoisotopic (exact) mass is 245 g/mol. The van der Waals surface area contributed by atoms with Crippen LogP contribution in [0.4, 0.5) is 11.4 Å². The van der Waals surface area contributed by atoms with Crippen LogP contribution in [-0.2, 0) is 4.79 Å². The summed E-state index contributed by atoms with van der Waals surface area (Å²) in [4.78, 5) is 14.2. The maximum absolute atomic E-state index is 11.9. The van der Waals surface area contributed by atoms with E-state index in [1.165, 1.54) is 18.5 Å². The Morgan fingerprint density at radius 3 is 2.72 bits per heavy atom. The second kappa shape index (κ2) is 4.98. The van der Waals surface area contributed by atoms with Gasteiger partial charge < -0.3 is 15.5 Å². The molecule has 0 aliphatic carbocycles. The first-order valence-corrected chi connectivity index (χ1v) is 6.69. The summed E-state index contributed by atoms with van der Waals surface area (Å²) < 4.78 is 0. The fourth-order valence-electron chi connectivity index (χ4n) is 2.47. The molecule has 0 aromatic heterocycles. The summed E-state index contributed by atoms with van der Waals surface area (Å²) in [6.07, 6.45) is 2.54. The molecule has 18 heavy (non-hydrogen) atoms. The third-order valence-electron chi connectivity index (χ3n) is 3.74. The molecule has 0 atom stereocenters. The molecule has 0 bridgehead atoms. The van der Waals surface area contributed by atoms with Crippen LogP contribution in [0.5, 0.6) is 0 Å². The molecule has 3 rings (SSSR count). The Hall–Kier alpha value is -1.55. The molecule has 2 aliphatic heterocycles. The van der Waals surface area contributed by atoms with E-state index in [-0.39, 0.29) is 11.8 Å². The van der Waals surface area contributed by atoms with E-state index in [0.717, 1.165) is 31.9 Å². The number of carbonyl (C=O) groups is 1. The molecule has 0 unspecified atom stereocenters. The van der Waals surface area contributed by atoms with E-state index in [1.54, 1.807) is 0 Å². The van der Waals surface area contributed by atoms with Crippen LogP contribution in [0.1, 0.15) is 12.8 Å². The van der Waals surface area contributed by atoms with Crippen molar-refractivity contribution in [2.24, 2.45) is 5.92 Å². The summed E-state index contributed by atoms with van der Waals surface area (Å²) in [6, 6.07) is 8.17. The number of anilines is 2. The van der Waals surface area contributed by atoms with Crippen molar-refractivity contribution in [2.75, 3.05) is 36.4 Å². The minimum atomic E-state index is 0.132. The van der Waals surface area contributed by atoms with Crippen molar-refractivity contribution in [1.82, 2.24) is 5.32 Å². The molecule has 1 amide bonds. The fraction of sp³-hybridized carbons (Fsp3) is 0.500. The number of rotatable bonds is 3. The molecule has 0 saturated carbocycles. The van der Waals surface area contributed by atoms with Gasteiger partial charge >= 0.3 is 0 Å². The maximum Gasteiger partial charge on any atom is 0.230 e. The van der Waals surface area contributed by atoms with E-state index in [9.17, 15) is 4.79 Å². The highest BCUT2D eigenvalue weighted by Crippen LogP contribution is 2.23. The van der Waals surface area contributed by atoms with Gasteiger partial charge in [0.2, 0.25) is 5.91 Å². The van der Waals surface area contributed by atoms with Gasteiger partial charge in [0.1, 0.15) is 0 Å². The Balaban J connectivity index is 1.68. The summed E-state index contributed by atoms with van der Waals surface area (Å²) in [7, 11) is 0. The lowest BCUT2D eigenvalue weighted by Crippen LogP contribution is -2.48. The van der Waals surface area contributed by atoms with Crippen molar-refractivity contribution in [3.63, 3.8) is 0 Å². The highest BCUT2D eigenvalue weighted by molar-refractivity contribution is 5.93. The molecular formula is C14H19N3O. The Morgan fingerprint density at radius 1 is 1.28 bits per heavy atom. The largest absolute Gasteiger partial charge is 0.371 e. The van der Waals surface area contributed by atoms with Gasteiger partial charge in [0.25, 0.3) is 0 Å². The number of hydrogen-bond donors (Lipinski definition) is 2. The fourth-order valence-corrected chi connectivity index (χ4v) is 2.47. The molecule has 2 heterocycles. The summed E-state index contributed by atoms with van der Waals surface area (Å²) in [5.74, 6) is 0.271. The molecule has 4 heteroatoms. The lowest BCUT2D eigenvalue weighted by molar-refractivity contribution is -0.121. The predicted molar refractivity (Wildman–Crippen MR) is 72.9 cm³/mol. The smallest absolute Gasteiger partial charge is 0.230 e. The van der Waals surface area contributed by atoms with Crippen LogP contribution >= 0.6 is 0 Å². The maximum atomic E-state index is 11.9. The zero-order valence-corrected chi connectivity index (χ0v) is 10.5. The van der Waals surface area contributed by atoms with Gasteiger partial charge in [-0.25, -0.2) is 0 Å². The number of nitrogens with zero attached hydrogens (tertiary/aromatic N) is 1. The topological polar surface area (TPSA) is 44.4 Å². The van der Waals surface area contributed by atoms with Crippen molar-refractivity contribution in [2.45, 2.75) is 12.8 Å². The average molecular weight is 245 g/mol. The normalized spacial score (nSPS) is 19.7. The van der Waals surface area contributed by atoms with Crippen molar-refractivity contribution < 1.29 is 4.79 Å². The first-order valence-electron chi connectivity index (χ1n) is 6.69. The lowest BCUT2D eigenvalue weighted by Gasteiger charge is -2.26. The molecule has 2 N–H and O–H groups in total. The van der Waals surface area contributed by atoms with E-state index < -0.39 is 0 Å². The quantitative estimate of drug-likeness (QED) is 0.847. The molecule has 1 aromatic carbocycles. The Labute approximate surface area is 107 Å². The summed E-state index contributed by atoms with van der Waals surface area (Å²) in [5, 5.41) is 6.12.